The molecular weight excluding hydrogens is 228 g/mol. The lowest BCUT2D eigenvalue weighted by Crippen LogP contribution is -1.93. The predicted molar refractivity (Wildman–Crippen MR) is 71.6 cm³/mol. The van der Waals surface area contributed by atoms with Crippen LogP contribution in [0.4, 0.5) is 5.82 Å². The van der Waals surface area contributed by atoms with Gasteiger partial charge in [0.25, 0.3) is 0 Å². The number of aryl methyl sites for hydroxylation is 1. The molecule has 3 rings (SSSR count). The molecule has 0 atom stereocenters. The topological polar surface area (TPSA) is 66.0 Å². The first-order valence-electron chi connectivity index (χ1n) is 5.85. The summed E-state index contributed by atoms with van der Waals surface area (Å²) in [7, 11) is 1.84. The van der Waals surface area contributed by atoms with Crippen LogP contribution < -0.4 is 10.5 Å². The number of anilines is 1. The smallest absolute Gasteiger partial charge is 0.160 e. The summed E-state index contributed by atoms with van der Waals surface area (Å²) in [6.45, 7) is 2.61. The van der Waals surface area contributed by atoms with Gasteiger partial charge in [-0.2, -0.15) is 5.10 Å². The van der Waals surface area contributed by atoms with Crippen molar-refractivity contribution in [1.82, 2.24) is 14.8 Å². The van der Waals surface area contributed by atoms with Gasteiger partial charge in [-0.15, -0.1) is 0 Å². The summed E-state index contributed by atoms with van der Waals surface area (Å²) in [6, 6.07) is 7.84. The van der Waals surface area contributed by atoms with Crippen molar-refractivity contribution < 1.29 is 4.74 Å². The fourth-order valence-corrected chi connectivity index (χ4v) is 2.10. The molecule has 2 heterocycles. The molecule has 0 saturated heterocycles. The van der Waals surface area contributed by atoms with E-state index in [4.69, 9.17) is 10.5 Å². The molecule has 0 radical (unpaired) electrons. The van der Waals surface area contributed by atoms with Gasteiger partial charge in [-0.05, 0) is 31.2 Å². The Morgan fingerprint density at radius 2 is 2.17 bits per heavy atom. The van der Waals surface area contributed by atoms with E-state index >= 15 is 0 Å². The van der Waals surface area contributed by atoms with Gasteiger partial charge in [0.1, 0.15) is 5.75 Å². The zero-order valence-corrected chi connectivity index (χ0v) is 10.3. The van der Waals surface area contributed by atoms with Crippen molar-refractivity contribution >= 4 is 27.8 Å². The van der Waals surface area contributed by atoms with Gasteiger partial charge in [0.15, 0.2) is 11.5 Å². The highest BCUT2D eigenvalue weighted by Gasteiger charge is 2.09. The Morgan fingerprint density at radius 3 is 2.94 bits per heavy atom. The van der Waals surface area contributed by atoms with Gasteiger partial charge >= 0.3 is 0 Å². The largest absolute Gasteiger partial charge is 0.494 e. The maximum absolute atomic E-state index is 5.86. The minimum absolute atomic E-state index is 0.503. The molecule has 0 aliphatic rings. The summed E-state index contributed by atoms with van der Waals surface area (Å²) >= 11 is 0. The van der Waals surface area contributed by atoms with E-state index in [-0.39, 0.29) is 0 Å². The number of nitrogens with zero attached hydrogens (tertiary/aromatic N) is 3. The van der Waals surface area contributed by atoms with Crippen molar-refractivity contribution in [1.29, 1.82) is 0 Å². The second-order valence-electron chi connectivity index (χ2n) is 4.16. The van der Waals surface area contributed by atoms with E-state index in [1.807, 2.05) is 38.2 Å². The third kappa shape index (κ3) is 1.55. The van der Waals surface area contributed by atoms with Gasteiger partial charge in [-0.25, -0.2) is 9.67 Å². The number of benzene rings is 1. The quantitative estimate of drug-likeness (QED) is 0.747. The average Bonchev–Trinajstić information content (AvgIpc) is 2.63. The van der Waals surface area contributed by atoms with Gasteiger partial charge in [0.2, 0.25) is 0 Å². The molecule has 1 aromatic carbocycles. The molecule has 0 bridgehead atoms. The SMILES string of the molecule is CCOc1ccc2nc3c(cc2c1)c(N)nn3C. The molecule has 0 aliphatic carbocycles. The summed E-state index contributed by atoms with van der Waals surface area (Å²) in [4.78, 5) is 4.56. The standard InChI is InChI=1S/C13H14N4O/c1-3-18-9-4-5-11-8(6-9)7-10-12(14)16-17(2)13(10)15-11/h4-7H,3H2,1-2H3,(H2,14,16). The van der Waals surface area contributed by atoms with Crippen LogP contribution >= 0.6 is 0 Å². The molecule has 0 aliphatic heterocycles. The molecule has 5 nitrogen and oxygen atoms in total. The molecule has 5 heteroatoms. The molecule has 2 N–H and O–H groups in total. The molecule has 0 fully saturated rings. The van der Waals surface area contributed by atoms with Crippen molar-refractivity contribution in [3.63, 3.8) is 0 Å². The molecule has 0 amide bonds. The molecule has 18 heavy (non-hydrogen) atoms. The Morgan fingerprint density at radius 1 is 1.33 bits per heavy atom. The fourth-order valence-electron chi connectivity index (χ4n) is 2.10. The van der Waals surface area contributed by atoms with Crippen molar-refractivity contribution in [2.45, 2.75) is 6.92 Å². The van der Waals surface area contributed by atoms with Gasteiger partial charge < -0.3 is 10.5 Å². The van der Waals surface area contributed by atoms with Crippen molar-refractivity contribution in [3.8, 4) is 5.75 Å². The molecule has 92 valence electrons. The number of pyridine rings is 1. The van der Waals surface area contributed by atoms with Crippen LogP contribution in [0.5, 0.6) is 5.75 Å². The van der Waals surface area contributed by atoms with Crippen LogP contribution in [-0.2, 0) is 7.05 Å². The van der Waals surface area contributed by atoms with Crippen molar-refractivity contribution in [2.24, 2.45) is 7.05 Å². The Bertz CT molecular complexity index is 733. The monoisotopic (exact) mass is 242 g/mol. The summed E-state index contributed by atoms with van der Waals surface area (Å²) < 4.78 is 7.18. The predicted octanol–water partition coefficient (Wildman–Crippen LogP) is 2.10. The normalized spacial score (nSPS) is 11.2. The first-order valence-corrected chi connectivity index (χ1v) is 5.85. The number of nitrogen functional groups attached to an aromatic ring is 1. The van der Waals surface area contributed by atoms with Crippen LogP contribution in [-0.4, -0.2) is 21.4 Å². The van der Waals surface area contributed by atoms with E-state index in [0.29, 0.717) is 12.4 Å². The summed E-state index contributed by atoms with van der Waals surface area (Å²) in [6.07, 6.45) is 0. The van der Waals surface area contributed by atoms with E-state index in [1.54, 1.807) is 4.68 Å². The first-order chi connectivity index (χ1) is 8.69. The Balaban J connectivity index is 2.29. The van der Waals surface area contributed by atoms with Crippen LogP contribution in [0.3, 0.4) is 0 Å². The van der Waals surface area contributed by atoms with Crippen molar-refractivity contribution in [3.05, 3.63) is 24.3 Å². The fraction of sp³-hybridized carbons (Fsp3) is 0.231. The van der Waals surface area contributed by atoms with Crippen LogP contribution in [0.1, 0.15) is 6.92 Å². The number of ether oxygens (including phenoxy) is 1. The molecule has 0 unspecified atom stereocenters. The molecule has 2 aromatic heterocycles. The van der Waals surface area contributed by atoms with E-state index in [9.17, 15) is 0 Å². The molecule has 3 aromatic rings. The van der Waals surface area contributed by atoms with Gasteiger partial charge in [-0.1, -0.05) is 0 Å². The van der Waals surface area contributed by atoms with E-state index < -0.39 is 0 Å². The molecule has 0 saturated carbocycles. The number of fused-ring (bicyclic) bond motifs is 2. The van der Waals surface area contributed by atoms with Crippen LogP contribution in [0.2, 0.25) is 0 Å². The van der Waals surface area contributed by atoms with Crippen LogP contribution in [0, 0.1) is 0 Å². The lowest BCUT2D eigenvalue weighted by molar-refractivity contribution is 0.340. The van der Waals surface area contributed by atoms with E-state index in [2.05, 4.69) is 10.1 Å². The maximum atomic E-state index is 5.86. The lowest BCUT2D eigenvalue weighted by atomic mass is 10.2. The van der Waals surface area contributed by atoms with Gasteiger partial charge in [0.05, 0.1) is 17.5 Å². The summed E-state index contributed by atoms with van der Waals surface area (Å²) in [5, 5.41) is 6.05. The second-order valence-corrected chi connectivity index (χ2v) is 4.16. The van der Waals surface area contributed by atoms with E-state index in [1.165, 1.54) is 0 Å². The average molecular weight is 242 g/mol. The number of rotatable bonds is 2. The van der Waals surface area contributed by atoms with Crippen LogP contribution in [0.25, 0.3) is 21.9 Å². The third-order valence-electron chi connectivity index (χ3n) is 2.92. The summed E-state index contributed by atoms with van der Waals surface area (Å²) in [5.74, 6) is 1.34. The second kappa shape index (κ2) is 3.87. The first kappa shape index (κ1) is 10.8. The Hall–Kier alpha value is -2.30. The molecule has 0 spiro atoms. The molecular formula is C13H14N4O. The highest BCUT2D eigenvalue weighted by molar-refractivity contribution is 5.96. The van der Waals surface area contributed by atoms with Crippen molar-refractivity contribution in [2.75, 3.05) is 12.3 Å². The lowest BCUT2D eigenvalue weighted by Gasteiger charge is -2.04. The number of nitrogens with two attached hydrogens (primary N) is 1. The van der Waals surface area contributed by atoms with Crippen LogP contribution in [0.15, 0.2) is 24.3 Å². The third-order valence-corrected chi connectivity index (χ3v) is 2.92. The maximum Gasteiger partial charge on any atom is 0.160 e. The number of hydrogen-bond donors (Lipinski definition) is 1. The van der Waals surface area contributed by atoms with Gasteiger partial charge in [-0.3, -0.25) is 0 Å². The minimum Gasteiger partial charge on any atom is -0.494 e. The Kier molecular flexibility index (Phi) is 2.33. The Labute approximate surface area is 104 Å². The number of aromatic nitrogens is 3. The van der Waals surface area contributed by atoms with Gasteiger partial charge in [0, 0.05) is 12.4 Å². The highest BCUT2D eigenvalue weighted by atomic mass is 16.5. The summed E-state index contributed by atoms with van der Waals surface area (Å²) in [5.41, 5.74) is 7.57. The highest BCUT2D eigenvalue weighted by Crippen LogP contribution is 2.26. The minimum atomic E-state index is 0.503. The number of hydrogen-bond acceptors (Lipinski definition) is 4. The zero-order valence-electron chi connectivity index (χ0n) is 10.3. The van der Waals surface area contributed by atoms with E-state index in [0.717, 1.165) is 27.7 Å². The zero-order chi connectivity index (χ0) is 12.7.